The van der Waals surface area contributed by atoms with Crippen molar-refractivity contribution in [1.82, 2.24) is 10.2 Å². The quantitative estimate of drug-likeness (QED) is 0.710. The number of H-pyrrole nitrogens is 1. The number of anilines is 1. The topological polar surface area (TPSA) is 67.0 Å². The van der Waals surface area contributed by atoms with E-state index in [-0.39, 0.29) is 5.91 Å². The van der Waals surface area contributed by atoms with Crippen LogP contribution >= 0.6 is 11.6 Å². The summed E-state index contributed by atoms with van der Waals surface area (Å²) in [4.78, 5) is 12.5. The number of hydrogen-bond donors (Lipinski definition) is 2. The number of nitrogens with zero attached hydrogens (tertiary/aromatic N) is 1. The Morgan fingerprint density at radius 3 is 2.72 bits per heavy atom. The smallest absolute Gasteiger partial charge is 0.265 e. The molecular formula is C19H18ClN3O2. The van der Waals surface area contributed by atoms with Gasteiger partial charge in [0.2, 0.25) is 0 Å². The molecule has 128 valence electrons. The summed E-state index contributed by atoms with van der Waals surface area (Å²) in [5.74, 6) is 0.371. The SMILES string of the molecule is Cc1cc(Cl)ccc1O[C@@H](C)C(=O)Nc1cn[nH]c1-c1ccccc1. The van der Waals surface area contributed by atoms with E-state index in [1.807, 2.05) is 37.3 Å². The minimum atomic E-state index is -0.668. The molecule has 5 nitrogen and oxygen atoms in total. The van der Waals surface area contributed by atoms with Crippen LogP contribution in [0.1, 0.15) is 12.5 Å². The lowest BCUT2D eigenvalue weighted by Gasteiger charge is -2.16. The molecule has 0 fully saturated rings. The average molecular weight is 356 g/mol. The van der Waals surface area contributed by atoms with E-state index in [9.17, 15) is 4.79 Å². The Morgan fingerprint density at radius 2 is 2.00 bits per heavy atom. The summed E-state index contributed by atoms with van der Waals surface area (Å²) in [7, 11) is 0. The standard InChI is InChI=1S/C19H18ClN3O2/c1-12-10-15(20)8-9-17(12)25-13(2)19(24)22-16-11-21-23-18(16)14-6-4-3-5-7-14/h3-11,13H,1-2H3,(H,21,23)(H,22,24)/t13-/m0/s1. The number of hydrogen-bond acceptors (Lipinski definition) is 3. The van der Waals surface area contributed by atoms with Crippen LogP contribution in [0, 0.1) is 6.92 Å². The van der Waals surface area contributed by atoms with E-state index in [4.69, 9.17) is 16.3 Å². The number of halogens is 1. The summed E-state index contributed by atoms with van der Waals surface area (Å²) in [6, 6.07) is 15.0. The maximum Gasteiger partial charge on any atom is 0.265 e. The summed E-state index contributed by atoms with van der Waals surface area (Å²) in [5, 5.41) is 10.4. The van der Waals surface area contributed by atoms with Gasteiger partial charge < -0.3 is 10.1 Å². The zero-order valence-corrected chi connectivity index (χ0v) is 14.7. The first-order valence-corrected chi connectivity index (χ1v) is 8.25. The minimum Gasteiger partial charge on any atom is -0.481 e. The molecule has 6 heteroatoms. The zero-order valence-electron chi connectivity index (χ0n) is 13.9. The van der Waals surface area contributed by atoms with Crippen LogP contribution in [-0.4, -0.2) is 22.2 Å². The fraction of sp³-hybridized carbons (Fsp3) is 0.158. The highest BCUT2D eigenvalue weighted by Gasteiger charge is 2.18. The molecular weight excluding hydrogens is 338 g/mol. The predicted molar refractivity (Wildman–Crippen MR) is 98.9 cm³/mol. The summed E-state index contributed by atoms with van der Waals surface area (Å²) in [6.07, 6.45) is 0.916. The summed E-state index contributed by atoms with van der Waals surface area (Å²) in [6.45, 7) is 3.58. The first-order chi connectivity index (χ1) is 12.0. The first-order valence-electron chi connectivity index (χ1n) is 7.87. The maximum atomic E-state index is 12.5. The van der Waals surface area contributed by atoms with E-state index in [0.29, 0.717) is 16.5 Å². The molecule has 0 aliphatic carbocycles. The third-order valence-corrected chi connectivity index (χ3v) is 4.00. The number of amides is 1. The molecule has 2 N–H and O–H groups in total. The van der Waals surface area contributed by atoms with E-state index in [0.717, 1.165) is 16.8 Å². The average Bonchev–Trinajstić information content (AvgIpc) is 3.06. The van der Waals surface area contributed by atoms with E-state index in [2.05, 4.69) is 15.5 Å². The Hall–Kier alpha value is -2.79. The summed E-state index contributed by atoms with van der Waals surface area (Å²) < 4.78 is 5.75. The number of benzene rings is 2. The second-order valence-electron chi connectivity index (χ2n) is 5.68. The molecule has 1 amide bonds. The number of nitrogens with one attached hydrogen (secondary N) is 2. The number of carbonyl (C=O) groups excluding carboxylic acids is 1. The fourth-order valence-electron chi connectivity index (χ4n) is 2.43. The number of aryl methyl sites for hydroxylation is 1. The van der Waals surface area contributed by atoms with Crippen molar-refractivity contribution >= 4 is 23.2 Å². The highest BCUT2D eigenvalue weighted by atomic mass is 35.5. The molecule has 3 rings (SSSR count). The third-order valence-electron chi connectivity index (χ3n) is 3.77. The number of ether oxygens (including phenoxy) is 1. The fourth-order valence-corrected chi connectivity index (χ4v) is 2.66. The van der Waals surface area contributed by atoms with E-state index in [1.165, 1.54) is 0 Å². The molecule has 0 saturated heterocycles. The predicted octanol–water partition coefficient (Wildman–Crippen LogP) is 4.44. The van der Waals surface area contributed by atoms with Crippen LogP contribution < -0.4 is 10.1 Å². The number of aromatic nitrogens is 2. The van der Waals surface area contributed by atoms with Crippen molar-refractivity contribution in [2.75, 3.05) is 5.32 Å². The Bertz CT molecular complexity index is 877. The van der Waals surface area contributed by atoms with Gasteiger partial charge in [-0.1, -0.05) is 41.9 Å². The Morgan fingerprint density at radius 1 is 1.24 bits per heavy atom. The van der Waals surface area contributed by atoms with Crippen LogP contribution in [0.3, 0.4) is 0 Å². The van der Waals surface area contributed by atoms with Gasteiger partial charge in [0.15, 0.2) is 6.10 Å². The van der Waals surface area contributed by atoms with Crippen LogP contribution in [0.25, 0.3) is 11.3 Å². The van der Waals surface area contributed by atoms with Gasteiger partial charge in [-0.3, -0.25) is 9.89 Å². The maximum absolute atomic E-state index is 12.5. The van der Waals surface area contributed by atoms with Gasteiger partial charge in [0.25, 0.3) is 5.91 Å². The van der Waals surface area contributed by atoms with Gasteiger partial charge in [0.1, 0.15) is 5.75 Å². The molecule has 0 unspecified atom stereocenters. The molecule has 0 saturated carbocycles. The molecule has 0 radical (unpaired) electrons. The molecule has 3 aromatic rings. The van der Waals surface area contributed by atoms with Gasteiger partial charge in [0.05, 0.1) is 17.6 Å². The van der Waals surface area contributed by atoms with Crippen molar-refractivity contribution in [3.63, 3.8) is 0 Å². The molecule has 1 heterocycles. The van der Waals surface area contributed by atoms with E-state index < -0.39 is 6.10 Å². The minimum absolute atomic E-state index is 0.257. The second-order valence-corrected chi connectivity index (χ2v) is 6.12. The van der Waals surface area contributed by atoms with Crippen LogP contribution in [0.5, 0.6) is 5.75 Å². The highest BCUT2D eigenvalue weighted by Crippen LogP contribution is 2.26. The van der Waals surface area contributed by atoms with Gasteiger partial charge in [-0.2, -0.15) is 5.10 Å². The normalized spacial score (nSPS) is 11.8. The van der Waals surface area contributed by atoms with Crippen LogP contribution in [0.4, 0.5) is 5.69 Å². The van der Waals surface area contributed by atoms with E-state index in [1.54, 1.807) is 31.3 Å². The van der Waals surface area contributed by atoms with Crippen molar-refractivity contribution in [3.8, 4) is 17.0 Å². The van der Waals surface area contributed by atoms with Gasteiger partial charge in [-0.15, -0.1) is 0 Å². The monoisotopic (exact) mass is 355 g/mol. The largest absolute Gasteiger partial charge is 0.481 e. The van der Waals surface area contributed by atoms with Crippen molar-refractivity contribution < 1.29 is 9.53 Å². The number of carbonyl (C=O) groups is 1. The molecule has 25 heavy (non-hydrogen) atoms. The zero-order chi connectivity index (χ0) is 17.8. The van der Waals surface area contributed by atoms with Crippen LogP contribution in [0.2, 0.25) is 5.02 Å². The van der Waals surface area contributed by atoms with Crippen molar-refractivity contribution in [2.24, 2.45) is 0 Å². The summed E-state index contributed by atoms with van der Waals surface area (Å²) in [5.41, 5.74) is 3.18. The lowest BCUT2D eigenvalue weighted by Crippen LogP contribution is -2.30. The third kappa shape index (κ3) is 4.00. The molecule has 1 aromatic heterocycles. The van der Waals surface area contributed by atoms with Gasteiger partial charge >= 0.3 is 0 Å². The molecule has 0 bridgehead atoms. The Labute approximate surface area is 151 Å². The van der Waals surface area contributed by atoms with Crippen LogP contribution in [-0.2, 0) is 4.79 Å². The number of aromatic amines is 1. The molecule has 1 atom stereocenters. The Balaban J connectivity index is 1.71. The molecule has 0 spiro atoms. The molecule has 0 aliphatic heterocycles. The van der Waals surface area contributed by atoms with E-state index >= 15 is 0 Å². The molecule has 2 aromatic carbocycles. The first kappa shape index (κ1) is 17.0. The van der Waals surface area contributed by atoms with Crippen LogP contribution in [0.15, 0.2) is 54.7 Å². The van der Waals surface area contributed by atoms with Crippen molar-refractivity contribution in [3.05, 3.63) is 65.3 Å². The lowest BCUT2D eigenvalue weighted by atomic mass is 10.1. The lowest BCUT2D eigenvalue weighted by molar-refractivity contribution is -0.122. The number of rotatable bonds is 5. The van der Waals surface area contributed by atoms with Crippen molar-refractivity contribution in [2.45, 2.75) is 20.0 Å². The molecule has 0 aliphatic rings. The summed E-state index contributed by atoms with van der Waals surface area (Å²) >= 11 is 5.94. The van der Waals surface area contributed by atoms with Crippen molar-refractivity contribution in [1.29, 1.82) is 0 Å². The Kier molecular flexibility index (Phi) is 5.05. The van der Waals surface area contributed by atoms with Gasteiger partial charge in [0, 0.05) is 10.6 Å². The highest BCUT2D eigenvalue weighted by molar-refractivity contribution is 6.30. The van der Waals surface area contributed by atoms with Gasteiger partial charge in [-0.25, -0.2) is 0 Å². The van der Waals surface area contributed by atoms with Gasteiger partial charge in [-0.05, 0) is 37.6 Å². The second kappa shape index (κ2) is 7.40.